The number of anilines is 1. The SMILES string of the molecule is CCc1ccc(CN(CC/C(N)=N/O)c2ccccc2)s1. The maximum absolute atomic E-state index is 8.69. The molecule has 2 rings (SSSR count). The van der Waals surface area contributed by atoms with Crippen LogP contribution in [0.15, 0.2) is 47.6 Å². The summed E-state index contributed by atoms with van der Waals surface area (Å²) >= 11 is 1.84. The summed E-state index contributed by atoms with van der Waals surface area (Å²) in [5.74, 6) is 0.261. The quantitative estimate of drug-likeness (QED) is 0.356. The van der Waals surface area contributed by atoms with Crippen LogP contribution in [0.5, 0.6) is 0 Å². The van der Waals surface area contributed by atoms with Crippen molar-refractivity contribution in [2.75, 3.05) is 11.4 Å². The number of hydrogen-bond acceptors (Lipinski definition) is 4. The molecule has 0 radical (unpaired) electrons. The fraction of sp³-hybridized carbons (Fsp3) is 0.312. The van der Waals surface area contributed by atoms with E-state index in [4.69, 9.17) is 10.9 Å². The number of benzene rings is 1. The predicted octanol–water partition coefficient (Wildman–Crippen LogP) is 3.45. The van der Waals surface area contributed by atoms with Crippen LogP contribution in [0, 0.1) is 0 Å². The lowest BCUT2D eigenvalue weighted by molar-refractivity contribution is 0.317. The molecular weight excluding hydrogens is 282 g/mol. The number of para-hydroxylation sites is 1. The van der Waals surface area contributed by atoms with Crippen LogP contribution >= 0.6 is 11.3 Å². The van der Waals surface area contributed by atoms with Gasteiger partial charge < -0.3 is 15.8 Å². The summed E-state index contributed by atoms with van der Waals surface area (Å²) in [6.07, 6.45) is 1.61. The fourth-order valence-corrected chi connectivity index (χ4v) is 3.10. The number of thiophene rings is 1. The average Bonchev–Trinajstić information content (AvgIpc) is 2.99. The van der Waals surface area contributed by atoms with Crippen LogP contribution in [0.4, 0.5) is 5.69 Å². The summed E-state index contributed by atoms with van der Waals surface area (Å²) in [7, 11) is 0. The van der Waals surface area contributed by atoms with Gasteiger partial charge in [0.1, 0.15) is 5.84 Å². The summed E-state index contributed by atoms with van der Waals surface area (Å²) < 4.78 is 0. The third kappa shape index (κ3) is 4.49. The van der Waals surface area contributed by atoms with E-state index in [9.17, 15) is 0 Å². The van der Waals surface area contributed by atoms with Crippen LogP contribution in [-0.2, 0) is 13.0 Å². The van der Waals surface area contributed by atoms with Crippen molar-refractivity contribution >= 4 is 22.9 Å². The Hall–Kier alpha value is -2.01. The molecule has 4 nitrogen and oxygen atoms in total. The van der Waals surface area contributed by atoms with Gasteiger partial charge >= 0.3 is 0 Å². The number of rotatable bonds is 7. The van der Waals surface area contributed by atoms with Gasteiger partial charge in [-0.1, -0.05) is 30.3 Å². The zero-order valence-electron chi connectivity index (χ0n) is 12.2. The first-order valence-corrected chi connectivity index (χ1v) is 7.88. The Bertz CT molecular complexity index is 580. The normalized spacial score (nSPS) is 11.6. The minimum atomic E-state index is 0.261. The zero-order valence-corrected chi connectivity index (χ0v) is 13.0. The third-order valence-electron chi connectivity index (χ3n) is 3.30. The van der Waals surface area contributed by atoms with Gasteiger partial charge in [-0.2, -0.15) is 0 Å². The summed E-state index contributed by atoms with van der Waals surface area (Å²) in [5.41, 5.74) is 6.74. The second kappa shape index (κ2) is 7.69. The Morgan fingerprint density at radius 1 is 1.19 bits per heavy atom. The van der Waals surface area contributed by atoms with Crippen molar-refractivity contribution in [3.63, 3.8) is 0 Å². The lowest BCUT2D eigenvalue weighted by Crippen LogP contribution is -2.27. The molecule has 0 aliphatic rings. The molecule has 0 unspecified atom stereocenters. The van der Waals surface area contributed by atoms with Crippen LogP contribution in [0.3, 0.4) is 0 Å². The van der Waals surface area contributed by atoms with Gasteiger partial charge in [0, 0.05) is 28.4 Å². The molecule has 1 aromatic carbocycles. The number of oxime groups is 1. The molecule has 0 spiro atoms. The highest BCUT2D eigenvalue weighted by atomic mass is 32.1. The average molecular weight is 303 g/mol. The van der Waals surface area contributed by atoms with Gasteiger partial charge in [0.15, 0.2) is 0 Å². The van der Waals surface area contributed by atoms with E-state index in [1.54, 1.807) is 0 Å². The van der Waals surface area contributed by atoms with Gasteiger partial charge in [-0.3, -0.25) is 0 Å². The number of amidine groups is 1. The number of hydrogen-bond donors (Lipinski definition) is 2. The van der Waals surface area contributed by atoms with Crippen LogP contribution < -0.4 is 10.6 Å². The molecule has 0 bridgehead atoms. The molecular formula is C16H21N3OS. The number of nitrogens with two attached hydrogens (primary N) is 1. The Kier molecular flexibility index (Phi) is 5.63. The van der Waals surface area contributed by atoms with Crippen molar-refractivity contribution in [2.24, 2.45) is 10.9 Å². The van der Waals surface area contributed by atoms with Gasteiger partial charge in [-0.15, -0.1) is 11.3 Å². The van der Waals surface area contributed by atoms with Gasteiger partial charge in [0.2, 0.25) is 0 Å². The second-order valence-corrected chi connectivity index (χ2v) is 6.07. The molecule has 5 heteroatoms. The first-order valence-electron chi connectivity index (χ1n) is 7.07. The first-order chi connectivity index (χ1) is 10.2. The Balaban J connectivity index is 2.11. The van der Waals surface area contributed by atoms with E-state index < -0.39 is 0 Å². The van der Waals surface area contributed by atoms with Gasteiger partial charge in [-0.25, -0.2) is 0 Å². The molecule has 0 aliphatic heterocycles. The van der Waals surface area contributed by atoms with Crippen LogP contribution in [-0.4, -0.2) is 17.6 Å². The maximum Gasteiger partial charge on any atom is 0.140 e. The standard InChI is InChI=1S/C16H21N3OS/c1-2-14-8-9-15(21-14)12-19(11-10-16(17)18-20)13-6-4-3-5-7-13/h3-9,20H,2,10-12H2,1H3,(H2,17,18). The van der Waals surface area contributed by atoms with Gasteiger partial charge in [0.05, 0.1) is 6.54 Å². The molecule has 1 heterocycles. The summed E-state index contributed by atoms with van der Waals surface area (Å²) in [4.78, 5) is 4.98. The highest BCUT2D eigenvalue weighted by Gasteiger charge is 2.10. The van der Waals surface area contributed by atoms with E-state index in [0.29, 0.717) is 6.42 Å². The van der Waals surface area contributed by atoms with Crippen LogP contribution in [0.2, 0.25) is 0 Å². The smallest absolute Gasteiger partial charge is 0.140 e. The number of aryl methyl sites for hydroxylation is 1. The molecule has 0 aliphatic carbocycles. The molecule has 112 valence electrons. The summed E-state index contributed by atoms with van der Waals surface area (Å²) in [6, 6.07) is 14.6. The molecule has 0 saturated carbocycles. The minimum Gasteiger partial charge on any atom is -0.409 e. The Labute approximate surface area is 129 Å². The zero-order chi connectivity index (χ0) is 15.1. The molecule has 2 aromatic rings. The van der Waals surface area contributed by atoms with Gasteiger partial charge in [-0.05, 0) is 30.7 Å². The van der Waals surface area contributed by atoms with E-state index in [1.807, 2.05) is 29.5 Å². The lowest BCUT2D eigenvalue weighted by Gasteiger charge is -2.24. The Morgan fingerprint density at radius 3 is 2.52 bits per heavy atom. The largest absolute Gasteiger partial charge is 0.409 e. The molecule has 0 atom stereocenters. The van der Waals surface area contributed by atoms with Gasteiger partial charge in [0.25, 0.3) is 0 Å². The third-order valence-corrected chi connectivity index (χ3v) is 4.51. The minimum absolute atomic E-state index is 0.261. The van der Waals surface area contributed by atoms with Crippen LogP contribution in [0.1, 0.15) is 23.1 Å². The highest BCUT2D eigenvalue weighted by Crippen LogP contribution is 2.22. The molecule has 21 heavy (non-hydrogen) atoms. The van der Waals surface area contributed by atoms with E-state index in [1.165, 1.54) is 9.75 Å². The number of nitrogens with zero attached hydrogens (tertiary/aromatic N) is 2. The fourth-order valence-electron chi connectivity index (χ4n) is 2.12. The predicted molar refractivity (Wildman–Crippen MR) is 89.2 cm³/mol. The molecule has 0 amide bonds. The molecule has 3 N–H and O–H groups in total. The van der Waals surface area contributed by atoms with E-state index in [2.05, 4.69) is 41.2 Å². The van der Waals surface area contributed by atoms with Crippen molar-refractivity contribution in [2.45, 2.75) is 26.3 Å². The maximum atomic E-state index is 8.69. The topological polar surface area (TPSA) is 61.8 Å². The van der Waals surface area contributed by atoms with Crippen molar-refractivity contribution < 1.29 is 5.21 Å². The Morgan fingerprint density at radius 2 is 1.90 bits per heavy atom. The van der Waals surface area contributed by atoms with E-state index >= 15 is 0 Å². The van der Waals surface area contributed by atoms with E-state index in [0.717, 1.165) is 25.2 Å². The van der Waals surface area contributed by atoms with E-state index in [-0.39, 0.29) is 5.84 Å². The lowest BCUT2D eigenvalue weighted by atomic mass is 10.2. The summed E-state index contributed by atoms with van der Waals surface area (Å²) in [6.45, 7) is 3.73. The van der Waals surface area contributed by atoms with Crippen molar-refractivity contribution in [3.8, 4) is 0 Å². The molecule has 1 aromatic heterocycles. The highest BCUT2D eigenvalue weighted by molar-refractivity contribution is 7.12. The molecule has 0 saturated heterocycles. The second-order valence-electron chi connectivity index (χ2n) is 4.82. The summed E-state index contributed by atoms with van der Waals surface area (Å²) in [5, 5.41) is 11.7. The monoisotopic (exact) mass is 303 g/mol. The first kappa shape index (κ1) is 15.4. The van der Waals surface area contributed by atoms with Crippen LogP contribution in [0.25, 0.3) is 0 Å². The van der Waals surface area contributed by atoms with Crippen molar-refractivity contribution in [1.82, 2.24) is 0 Å². The molecule has 0 fully saturated rings. The van der Waals surface area contributed by atoms with Crippen molar-refractivity contribution in [3.05, 3.63) is 52.2 Å². The van der Waals surface area contributed by atoms with Crippen molar-refractivity contribution in [1.29, 1.82) is 0 Å².